The van der Waals surface area contributed by atoms with Gasteiger partial charge in [-0.2, -0.15) is 0 Å². The minimum atomic E-state index is -1.12. The predicted molar refractivity (Wildman–Crippen MR) is 171 cm³/mol. The molecule has 0 bridgehead atoms. The first-order valence-corrected chi connectivity index (χ1v) is 15.6. The second-order valence-corrected chi connectivity index (χ2v) is 13.9. The Kier molecular flexibility index (Phi) is 17.4. The van der Waals surface area contributed by atoms with E-state index in [4.69, 9.17) is 33.2 Å². The summed E-state index contributed by atoms with van der Waals surface area (Å²) in [5.41, 5.74) is -2.18. The third kappa shape index (κ3) is 21.6. The summed E-state index contributed by atoms with van der Waals surface area (Å²) in [5, 5.41) is 3.15. The fraction of sp³-hybridized carbons (Fsp3) is 0.706. The largest absolute Gasteiger partial charge is 0.460 e. The van der Waals surface area contributed by atoms with Crippen molar-refractivity contribution in [2.45, 2.75) is 111 Å². The molecule has 1 N–H and O–H groups in total. The summed E-state index contributed by atoms with van der Waals surface area (Å²) in [5.74, 6) is -1.78. The monoisotopic (exact) mass is 653 g/mol. The summed E-state index contributed by atoms with van der Waals surface area (Å²) in [6.07, 6.45) is 0.0163. The van der Waals surface area contributed by atoms with Crippen LogP contribution in [0.4, 0.5) is 0 Å². The lowest BCUT2D eigenvalue weighted by Crippen LogP contribution is -2.58. The number of esters is 4. The molecule has 0 amide bonds. The third-order valence-corrected chi connectivity index (χ3v) is 5.60. The zero-order valence-corrected chi connectivity index (χ0v) is 29.2. The summed E-state index contributed by atoms with van der Waals surface area (Å²) >= 11 is 0. The maximum atomic E-state index is 12.7. The van der Waals surface area contributed by atoms with Gasteiger partial charge in [0.1, 0.15) is 23.4 Å². The molecule has 262 valence electrons. The van der Waals surface area contributed by atoms with E-state index in [1.807, 2.05) is 30.3 Å². The van der Waals surface area contributed by atoms with Crippen molar-refractivity contribution in [3.8, 4) is 0 Å². The lowest BCUT2D eigenvalue weighted by Gasteiger charge is -2.34. The van der Waals surface area contributed by atoms with Gasteiger partial charge in [-0.05, 0) is 67.9 Å². The highest BCUT2D eigenvalue weighted by molar-refractivity contribution is 5.72. The quantitative estimate of drug-likeness (QED) is 0.122. The first-order valence-electron chi connectivity index (χ1n) is 15.6. The number of carbonyl (C=O) groups excluding carboxylic acids is 4. The van der Waals surface area contributed by atoms with Crippen molar-refractivity contribution in [2.24, 2.45) is 0 Å². The smallest absolute Gasteiger partial charge is 0.320 e. The predicted octanol–water partition coefficient (Wildman–Crippen LogP) is 4.30. The molecule has 0 aliphatic carbocycles. The zero-order chi connectivity index (χ0) is 34.9. The van der Waals surface area contributed by atoms with Gasteiger partial charge in [-0.25, -0.2) is 0 Å². The van der Waals surface area contributed by atoms with Crippen LogP contribution in [0.2, 0.25) is 0 Å². The first-order chi connectivity index (χ1) is 21.3. The molecular formula is C34H55NO11. The van der Waals surface area contributed by atoms with Crippen molar-refractivity contribution in [1.82, 2.24) is 5.32 Å². The van der Waals surface area contributed by atoms with E-state index in [-0.39, 0.29) is 72.1 Å². The highest BCUT2D eigenvalue weighted by atomic mass is 16.6. The molecule has 12 nitrogen and oxygen atoms in total. The number of hydrogen-bond acceptors (Lipinski definition) is 12. The maximum absolute atomic E-state index is 12.7. The van der Waals surface area contributed by atoms with E-state index in [1.165, 1.54) is 0 Å². The highest BCUT2D eigenvalue weighted by Gasteiger charge is 2.33. The Morgan fingerprint density at radius 2 is 0.935 bits per heavy atom. The highest BCUT2D eigenvalue weighted by Crippen LogP contribution is 2.14. The summed E-state index contributed by atoms with van der Waals surface area (Å²) in [7, 11) is 0. The van der Waals surface area contributed by atoms with Crippen LogP contribution < -0.4 is 5.32 Å². The van der Waals surface area contributed by atoms with Crippen molar-refractivity contribution in [3.63, 3.8) is 0 Å². The molecule has 46 heavy (non-hydrogen) atoms. The molecule has 0 saturated heterocycles. The minimum absolute atomic E-state index is 0.00543. The van der Waals surface area contributed by atoms with Gasteiger partial charge in [0.15, 0.2) is 0 Å². The van der Waals surface area contributed by atoms with E-state index in [9.17, 15) is 19.2 Å². The summed E-state index contributed by atoms with van der Waals surface area (Å²) in [4.78, 5) is 49.4. The molecule has 0 atom stereocenters. The molecule has 1 aromatic carbocycles. The van der Waals surface area contributed by atoms with Crippen molar-refractivity contribution in [2.75, 3.05) is 46.2 Å². The van der Waals surface area contributed by atoms with Gasteiger partial charge in [0.25, 0.3) is 0 Å². The van der Waals surface area contributed by atoms with Gasteiger partial charge in [0.05, 0.1) is 71.0 Å². The Hall–Kier alpha value is -3.06. The van der Waals surface area contributed by atoms with E-state index >= 15 is 0 Å². The molecule has 1 rings (SSSR count). The average Bonchev–Trinajstić information content (AvgIpc) is 2.91. The normalized spacial score (nSPS) is 12.4. The standard InChI is InChI=1S/C34H55NO11/c1-31(2,3)44-27(36)15-18-40-23-34(24-41-19-16-28(37)45-32(4,5)6,25-42-20-17-29(38)46-33(7,8)9)35-21-30(39)43-22-26-13-11-10-12-14-26/h10-14,35H,15-25H2,1-9H3. The minimum Gasteiger partial charge on any atom is -0.460 e. The fourth-order valence-corrected chi connectivity index (χ4v) is 3.77. The Morgan fingerprint density at radius 1 is 0.565 bits per heavy atom. The summed E-state index contributed by atoms with van der Waals surface area (Å²) in [6.45, 7) is 15.9. The average molecular weight is 654 g/mol. The summed E-state index contributed by atoms with van der Waals surface area (Å²) in [6, 6.07) is 9.27. The zero-order valence-electron chi connectivity index (χ0n) is 29.2. The fourth-order valence-electron chi connectivity index (χ4n) is 3.77. The number of nitrogens with one attached hydrogen (secondary N) is 1. The van der Waals surface area contributed by atoms with Crippen molar-refractivity contribution in [3.05, 3.63) is 35.9 Å². The van der Waals surface area contributed by atoms with Crippen LogP contribution >= 0.6 is 0 Å². The Balaban J connectivity index is 2.98. The van der Waals surface area contributed by atoms with Crippen molar-refractivity contribution >= 4 is 23.9 Å². The van der Waals surface area contributed by atoms with E-state index < -0.39 is 46.2 Å². The van der Waals surface area contributed by atoms with Crippen LogP contribution in [0.1, 0.15) is 87.1 Å². The van der Waals surface area contributed by atoms with E-state index in [2.05, 4.69) is 5.32 Å². The number of hydrogen-bond donors (Lipinski definition) is 1. The molecule has 0 heterocycles. The van der Waals surface area contributed by atoms with Crippen LogP contribution in [0.25, 0.3) is 0 Å². The van der Waals surface area contributed by atoms with Crippen LogP contribution in [0, 0.1) is 0 Å². The van der Waals surface area contributed by atoms with Gasteiger partial charge in [-0.1, -0.05) is 30.3 Å². The molecule has 0 fully saturated rings. The molecule has 0 spiro atoms. The van der Waals surface area contributed by atoms with Crippen LogP contribution in [0.15, 0.2) is 30.3 Å². The molecule has 12 heteroatoms. The van der Waals surface area contributed by atoms with Gasteiger partial charge in [-0.3, -0.25) is 24.5 Å². The molecular weight excluding hydrogens is 598 g/mol. The maximum Gasteiger partial charge on any atom is 0.320 e. The third-order valence-electron chi connectivity index (χ3n) is 5.60. The van der Waals surface area contributed by atoms with Crippen molar-refractivity contribution < 1.29 is 52.3 Å². The SMILES string of the molecule is CC(C)(C)OC(=O)CCOCC(COCCC(=O)OC(C)(C)C)(COCCC(=O)OC(C)(C)C)NCC(=O)OCc1ccccc1. The van der Waals surface area contributed by atoms with Gasteiger partial charge >= 0.3 is 23.9 Å². The molecule has 0 aromatic heterocycles. The van der Waals surface area contributed by atoms with Crippen LogP contribution in [0.3, 0.4) is 0 Å². The van der Waals surface area contributed by atoms with E-state index in [1.54, 1.807) is 62.3 Å². The molecule has 1 aromatic rings. The molecule has 0 aliphatic rings. The molecule has 0 unspecified atom stereocenters. The number of rotatable bonds is 20. The Morgan fingerprint density at radius 3 is 1.28 bits per heavy atom. The van der Waals surface area contributed by atoms with Crippen LogP contribution in [0.5, 0.6) is 0 Å². The van der Waals surface area contributed by atoms with Gasteiger partial charge in [0.2, 0.25) is 0 Å². The summed E-state index contributed by atoms with van der Waals surface area (Å²) < 4.78 is 39.1. The first kappa shape index (κ1) is 41.0. The second kappa shape index (κ2) is 19.6. The van der Waals surface area contributed by atoms with Crippen molar-refractivity contribution in [1.29, 1.82) is 0 Å². The number of carbonyl (C=O) groups is 4. The van der Waals surface area contributed by atoms with Gasteiger partial charge in [0, 0.05) is 0 Å². The van der Waals surface area contributed by atoms with Crippen LogP contribution in [-0.4, -0.2) is 92.4 Å². The molecule has 0 aliphatic heterocycles. The van der Waals surface area contributed by atoms with Gasteiger partial charge in [-0.15, -0.1) is 0 Å². The van der Waals surface area contributed by atoms with E-state index in [0.717, 1.165) is 5.56 Å². The molecule has 0 saturated carbocycles. The topological polar surface area (TPSA) is 145 Å². The molecule has 0 radical (unpaired) electrons. The second-order valence-electron chi connectivity index (χ2n) is 13.9. The van der Waals surface area contributed by atoms with Gasteiger partial charge < -0.3 is 33.2 Å². The Bertz CT molecular complexity index is 981. The lowest BCUT2D eigenvalue weighted by atomic mass is 10.0. The lowest BCUT2D eigenvalue weighted by molar-refractivity contribution is -0.157. The van der Waals surface area contributed by atoms with E-state index in [0.29, 0.717) is 0 Å². The Labute approximate surface area is 274 Å². The van der Waals surface area contributed by atoms with Crippen LogP contribution in [-0.2, 0) is 58.9 Å². The number of ether oxygens (including phenoxy) is 7. The number of benzene rings is 1.